The van der Waals surface area contributed by atoms with Crippen LogP contribution in [0.5, 0.6) is 0 Å². The number of carbonyl (C=O) groups is 2. The first kappa shape index (κ1) is 16.9. The Morgan fingerprint density at radius 2 is 2.13 bits per heavy atom. The Bertz CT molecular complexity index is 643. The number of likely N-dealkylation sites (tertiary alicyclic amines) is 1. The molecule has 1 aromatic carbocycles. The van der Waals surface area contributed by atoms with E-state index in [4.69, 9.17) is 0 Å². The molecule has 0 radical (unpaired) electrons. The highest BCUT2D eigenvalue weighted by Gasteiger charge is 2.48. The summed E-state index contributed by atoms with van der Waals surface area (Å²) in [6.07, 6.45) is 0.468. The van der Waals surface area contributed by atoms with Crippen molar-refractivity contribution < 1.29 is 19.6 Å². The Kier molecular flexibility index (Phi) is 4.68. The van der Waals surface area contributed by atoms with Gasteiger partial charge in [0.05, 0.1) is 16.8 Å². The number of carbonyl (C=O) groups excluding carboxylic acids is 1. The molecule has 1 aliphatic rings. The molecule has 7 heteroatoms. The fraction of sp³-hybridized carbons (Fsp3) is 0.500. The number of nitro benzene ring substituents is 1. The number of benzene rings is 1. The number of nitrogens with zero attached hydrogens (tertiary/aromatic N) is 2. The quantitative estimate of drug-likeness (QED) is 0.661. The number of aliphatic carboxylic acids is 1. The summed E-state index contributed by atoms with van der Waals surface area (Å²) in [5.41, 5.74) is -0.404. The number of nitro groups is 1. The summed E-state index contributed by atoms with van der Waals surface area (Å²) in [5, 5.41) is 20.3. The third-order valence-corrected chi connectivity index (χ3v) is 4.66. The van der Waals surface area contributed by atoms with Crippen LogP contribution in [-0.4, -0.2) is 39.9 Å². The maximum absolute atomic E-state index is 12.4. The zero-order valence-corrected chi connectivity index (χ0v) is 13.2. The predicted octanol–water partition coefficient (Wildman–Crippen LogP) is 2.10. The summed E-state index contributed by atoms with van der Waals surface area (Å²) < 4.78 is 0. The highest BCUT2D eigenvalue weighted by molar-refractivity contribution is 5.82. The molecule has 0 spiro atoms. The van der Waals surface area contributed by atoms with Crippen molar-refractivity contribution >= 4 is 17.6 Å². The van der Waals surface area contributed by atoms with Crippen LogP contribution in [0.4, 0.5) is 5.69 Å². The largest absolute Gasteiger partial charge is 0.481 e. The number of carboxylic acid groups (broad SMARTS) is 1. The Morgan fingerprint density at radius 3 is 2.65 bits per heavy atom. The summed E-state index contributed by atoms with van der Waals surface area (Å²) in [4.78, 5) is 35.8. The minimum absolute atomic E-state index is 0.0372. The zero-order chi connectivity index (χ0) is 17.2. The third-order valence-electron chi connectivity index (χ3n) is 4.66. The molecular weight excluding hydrogens is 300 g/mol. The van der Waals surface area contributed by atoms with Gasteiger partial charge in [0, 0.05) is 25.2 Å². The topological polar surface area (TPSA) is 101 Å². The fourth-order valence-electron chi connectivity index (χ4n) is 3.01. The van der Waals surface area contributed by atoms with Crippen LogP contribution in [0.25, 0.3) is 0 Å². The van der Waals surface area contributed by atoms with Gasteiger partial charge in [0.1, 0.15) is 0 Å². The van der Waals surface area contributed by atoms with Gasteiger partial charge in [-0.05, 0) is 17.9 Å². The van der Waals surface area contributed by atoms with Crippen molar-refractivity contribution in [2.45, 2.75) is 26.7 Å². The first-order chi connectivity index (χ1) is 10.8. The Hall–Kier alpha value is -2.44. The molecule has 1 aliphatic heterocycles. The highest BCUT2D eigenvalue weighted by atomic mass is 16.6. The van der Waals surface area contributed by atoms with E-state index in [1.165, 1.54) is 12.1 Å². The van der Waals surface area contributed by atoms with Gasteiger partial charge < -0.3 is 10.0 Å². The molecule has 124 valence electrons. The van der Waals surface area contributed by atoms with E-state index in [1.807, 2.05) is 13.8 Å². The van der Waals surface area contributed by atoms with Crippen molar-refractivity contribution in [2.24, 2.45) is 11.3 Å². The monoisotopic (exact) mass is 320 g/mol. The number of hydrogen-bond donors (Lipinski definition) is 1. The first-order valence-corrected chi connectivity index (χ1v) is 7.51. The molecule has 0 saturated carbocycles. The molecule has 2 rings (SSSR count). The van der Waals surface area contributed by atoms with Crippen LogP contribution in [0, 0.1) is 21.4 Å². The van der Waals surface area contributed by atoms with Gasteiger partial charge in [0.25, 0.3) is 5.69 Å². The minimum atomic E-state index is -0.904. The van der Waals surface area contributed by atoms with Gasteiger partial charge in [-0.15, -0.1) is 0 Å². The number of non-ortho nitro benzene ring substituents is 1. The molecule has 7 nitrogen and oxygen atoms in total. The van der Waals surface area contributed by atoms with Gasteiger partial charge in [-0.25, -0.2) is 0 Å². The molecule has 1 fully saturated rings. The molecule has 1 aromatic rings. The summed E-state index contributed by atoms with van der Waals surface area (Å²) in [5.74, 6) is -1.15. The van der Waals surface area contributed by atoms with Gasteiger partial charge in [-0.2, -0.15) is 0 Å². The summed E-state index contributed by atoms with van der Waals surface area (Å²) in [6, 6.07) is 5.95. The lowest BCUT2D eigenvalue weighted by atomic mass is 9.76. The second-order valence-electron chi connectivity index (χ2n) is 6.29. The van der Waals surface area contributed by atoms with Crippen molar-refractivity contribution in [3.63, 3.8) is 0 Å². The van der Waals surface area contributed by atoms with E-state index in [1.54, 1.807) is 17.0 Å². The fourth-order valence-corrected chi connectivity index (χ4v) is 3.01. The number of carboxylic acids is 1. The normalized spacial score (nSPS) is 20.7. The van der Waals surface area contributed by atoms with Crippen LogP contribution in [-0.2, 0) is 16.0 Å². The van der Waals surface area contributed by atoms with Crippen LogP contribution >= 0.6 is 0 Å². The Balaban J connectivity index is 2.09. The molecular formula is C16H20N2O5. The molecule has 1 heterocycles. The smallest absolute Gasteiger partial charge is 0.311 e. The van der Waals surface area contributed by atoms with Gasteiger partial charge in [-0.1, -0.05) is 26.0 Å². The highest BCUT2D eigenvalue weighted by Crippen LogP contribution is 2.38. The molecule has 0 bridgehead atoms. The van der Waals surface area contributed by atoms with Crippen LogP contribution in [0.1, 0.15) is 25.8 Å². The van der Waals surface area contributed by atoms with E-state index in [2.05, 4.69) is 0 Å². The van der Waals surface area contributed by atoms with E-state index >= 15 is 0 Å². The number of amides is 1. The van der Waals surface area contributed by atoms with E-state index < -0.39 is 16.3 Å². The number of rotatable bonds is 5. The van der Waals surface area contributed by atoms with Crippen molar-refractivity contribution in [3.05, 3.63) is 39.9 Å². The predicted molar refractivity (Wildman–Crippen MR) is 82.9 cm³/mol. The lowest BCUT2D eigenvalue weighted by Gasteiger charge is -2.28. The SMILES string of the molecule is CC(C)C1(C(=O)O)CCN(C(=O)Cc2cccc([N+](=O)[O-])c2)C1. The lowest BCUT2D eigenvalue weighted by molar-refractivity contribution is -0.384. The van der Waals surface area contributed by atoms with Crippen LogP contribution < -0.4 is 0 Å². The average Bonchev–Trinajstić information content (AvgIpc) is 2.94. The Labute approximate surface area is 134 Å². The summed E-state index contributed by atoms with van der Waals surface area (Å²) >= 11 is 0. The van der Waals surface area contributed by atoms with Crippen molar-refractivity contribution in [3.8, 4) is 0 Å². The molecule has 0 aliphatic carbocycles. The Morgan fingerprint density at radius 1 is 1.43 bits per heavy atom. The van der Waals surface area contributed by atoms with Gasteiger partial charge >= 0.3 is 5.97 Å². The molecule has 23 heavy (non-hydrogen) atoms. The van der Waals surface area contributed by atoms with Crippen molar-refractivity contribution in [1.82, 2.24) is 4.90 Å². The van der Waals surface area contributed by atoms with E-state index in [-0.39, 0.29) is 30.5 Å². The third kappa shape index (κ3) is 3.33. The van der Waals surface area contributed by atoms with Gasteiger partial charge in [-0.3, -0.25) is 19.7 Å². The molecule has 1 N–H and O–H groups in total. The van der Waals surface area contributed by atoms with E-state index in [0.717, 1.165) is 0 Å². The summed E-state index contributed by atoms with van der Waals surface area (Å²) in [6.45, 7) is 4.29. The molecule has 0 aromatic heterocycles. The van der Waals surface area contributed by atoms with Crippen LogP contribution in [0.15, 0.2) is 24.3 Å². The van der Waals surface area contributed by atoms with E-state index in [0.29, 0.717) is 18.5 Å². The van der Waals surface area contributed by atoms with E-state index in [9.17, 15) is 24.8 Å². The zero-order valence-electron chi connectivity index (χ0n) is 13.2. The molecule has 1 amide bonds. The van der Waals surface area contributed by atoms with Crippen molar-refractivity contribution in [1.29, 1.82) is 0 Å². The maximum atomic E-state index is 12.4. The summed E-state index contributed by atoms with van der Waals surface area (Å²) in [7, 11) is 0. The standard InChI is InChI=1S/C16H20N2O5/c1-11(2)16(15(20)21)6-7-17(10-16)14(19)9-12-4-3-5-13(8-12)18(22)23/h3-5,8,11H,6-7,9-10H2,1-2H3,(H,20,21). The van der Waals surface area contributed by atoms with Crippen LogP contribution in [0.2, 0.25) is 0 Å². The molecule has 1 atom stereocenters. The second kappa shape index (κ2) is 6.36. The van der Waals surface area contributed by atoms with Crippen molar-refractivity contribution in [2.75, 3.05) is 13.1 Å². The second-order valence-corrected chi connectivity index (χ2v) is 6.29. The maximum Gasteiger partial charge on any atom is 0.311 e. The molecule has 1 unspecified atom stereocenters. The van der Waals surface area contributed by atoms with Gasteiger partial charge in [0.15, 0.2) is 0 Å². The minimum Gasteiger partial charge on any atom is -0.481 e. The van der Waals surface area contributed by atoms with Gasteiger partial charge in [0.2, 0.25) is 5.91 Å². The first-order valence-electron chi connectivity index (χ1n) is 7.51. The molecule has 1 saturated heterocycles. The lowest BCUT2D eigenvalue weighted by Crippen LogP contribution is -2.41. The number of hydrogen-bond acceptors (Lipinski definition) is 4. The average molecular weight is 320 g/mol. The van der Waals surface area contributed by atoms with Crippen LogP contribution in [0.3, 0.4) is 0 Å².